The van der Waals surface area contributed by atoms with Gasteiger partial charge in [0.25, 0.3) is 0 Å². The van der Waals surface area contributed by atoms with E-state index in [4.69, 9.17) is 10.5 Å². The van der Waals surface area contributed by atoms with Gasteiger partial charge in [0.15, 0.2) is 5.96 Å². The molecule has 1 aromatic carbocycles. The number of aliphatic imine (C=N–C) groups is 1. The lowest BCUT2D eigenvalue weighted by Crippen LogP contribution is -2.30. The molecule has 0 amide bonds. The Bertz CT molecular complexity index is 336. The molecule has 0 heterocycles. The van der Waals surface area contributed by atoms with Gasteiger partial charge in [-0.3, -0.25) is 4.99 Å². The molecule has 15 heavy (non-hydrogen) atoms. The van der Waals surface area contributed by atoms with Crippen molar-refractivity contribution < 1.29 is 4.74 Å². The Morgan fingerprint density at radius 1 is 1.47 bits per heavy atom. The standard InChI is InChI=1S/C11H17N3O/c1-13-11(12)14-7-9-4-3-5-10(6-9)8-15-2/h3-6H,7-8H2,1-2H3,(H3,12,13,14). The number of methoxy groups -OCH3 is 1. The van der Waals surface area contributed by atoms with Crippen LogP contribution in [0, 0.1) is 0 Å². The van der Waals surface area contributed by atoms with Crippen molar-refractivity contribution in [2.75, 3.05) is 14.2 Å². The Labute approximate surface area is 90.2 Å². The summed E-state index contributed by atoms with van der Waals surface area (Å²) in [4.78, 5) is 3.82. The number of nitrogens with zero attached hydrogens (tertiary/aromatic N) is 1. The minimum atomic E-state index is 0.451. The summed E-state index contributed by atoms with van der Waals surface area (Å²) < 4.78 is 5.06. The minimum Gasteiger partial charge on any atom is -0.380 e. The molecule has 1 aromatic rings. The normalized spacial score (nSPS) is 11.5. The smallest absolute Gasteiger partial charge is 0.188 e. The van der Waals surface area contributed by atoms with Crippen LogP contribution >= 0.6 is 0 Å². The van der Waals surface area contributed by atoms with Crippen molar-refractivity contribution in [3.8, 4) is 0 Å². The predicted molar refractivity (Wildman–Crippen MR) is 61.5 cm³/mol. The number of nitrogens with one attached hydrogen (secondary N) is 1. The van der Waals surface area contributed by atoms with Gasteiger partial charge < -0.3 is 15.8 Å². The zero-order valence-electron chi connectivity index (χ0n) is 9.16. The summed E-state index contributed by atoms with van der Waals surface area (Å²) in [7, 11) is 3.34. The SMILES string of the molecule is CN=C(N)NCc1cccc(COC)c1. The topological polar surface area (TPSA) is 59.6 Å². The molecule has 0 aromatic heterocycles. The van der Waals surface area contributed by atoms with Gasteiger partial charge in [-0.1, -0.05) is 24.3 Å². The van der Waals surface area contributed by atoms with Crippen LogP contribution in [0.15, 0.2) is 29.3 Å². The van der Waals surface area contributed by atoms with Gasteiger partial charge in [0, 0.05) is 20.7 Å². The Kier molecular flexibility index (Phi) is 4.63. The lowest BCUT2D eigenvalue weighted by molar-refractivity contribution is 0.185. The molecule has 0 aliphatic heterocycles. The molecule has 0 fully saturated rings. The molecule has 0 saturated heterocycles. The molecular formula is C11H17N3O. The summed E-state index contributed by atoms with van der Waals surface area (Å²) in [6.07, 6.45) is 0. The molecule has 0 aliphatic rings. The van der Waals surface area contributed by atoms with Crippen molar-refractivity contribution in [2.45, 2.75) is 13.2 Å². The molecule has 0 bridgehead atoms. The van der Waals surface area contributed by atoms with E-state index in [0.717, 1.165) is 11.1 Å². The first-order chi connectivity index (χ1) is 7.26. The first-order valence-corrected chi connectivity index (χ1v) is 4.79. The van der Waals surface area contributed by atoms with Gasteiger partial charge in [-0.15, -0.1) is 0 Å². The van der Waals surface area contributed by atoms with Crippen LogP contribution in [0.3, 0.4) is 0 Å². The van der Waals surface area contributed by atoms with Crippen molar-refractivity contribution >= 4 is 5.96 Å². The number of hydrogen-bond donors (Lipinski definition) is 2. The molecule has 4 nitrogen and oxygen atoms in total. The van der Waals surface area contributed by atoms with E-state index in [1.165, 1.54) is 0 Å². The number of benzene rings is 1. The summed E-state index contributed by atoms with van der Waals surface area (Å²) in [5.41, 5.74) is 7.85. The molecule has 82 valence electrons. The summed E-state index contributed by atoms with van der Waals surface area (Å²) in [6, 6.07) is 8.16. The highest BCUT2D eigenvalue weighted by molar-refractivity contribution is 5.77. The van der Waals surface area contributed by atoms with E-state index in [-0.39, 0.29) is 0 Å². The van der Waals surface area contributed by atoms with E-state index < -0.39 is 0 Å². The second kappa shape index (κ2) is 6.03. The first kappa shape index (κ1) is 11.5. The van der Waals surface area contributed by atoms with E-state index in [1.54, 1.807) is 14.2 Å². The maximum atomic E-state index is 5.53. The van der Waals surface area contributed by atoms with Crippen LogP contribution in [0.4, 0.5) is 0 Å². The molecule has 0 unspecified atom stereocenters. The van der Waals surface area contributed by atoms with E-state index in [2.05, 4.69) is 16.4 Å². The zero-order valence-corrected chi connectivity index (χ0v) is 9.16. The largest absolute Gasteiger partial charge is 0.380 e. The molecule has 0 saturated carbocycles. The Balaban J connectivity index is 2.57. The summed E-state index contributed by atoms with van der Waals surface area (Å²) >= 11 is 0. The second-order valence-electron chi connectivity index (χ2n) is 3.22. The van der Waals surface area contributed by atoms with E-state index >= 15 is 0 Å². The van der Waals surface area contributed by atoms with E-state index in [1.807, 2.05) is 18.2 Å². The fourth-order valence-electron chi connectivity index (χ4n) is 1.27. The predicted octanol–water partition coefficient (Wildman–Crippen LogP) is 0.867. The van der Waals surface area contributed by atoms with Gasteiger partial charge in [0.05, 0.1) is 6.61 Å². The van der Waals surface area contributed by atoms with Crippen molar-refractivity contribution in [2.24, 2.45) is 10.7 Å². The highest BCUT2D eigenvalue weighted by Gasteiger charge is 1.96. The number of hydrogen-bond acceptors (Lipinski definition) is 2. The third kappa shape index (κ3) is 3.99. The van der Waals surface area contributed by atoms with Crippen LogP contribution in [0.25, 0.3) is 0 Å². The highest BCUT2D eigenvalue weighted by atomic mass is 16.5. The number of ether oxygens (including phenoxy) is 1. The third-order valence-electron chi connectivity index (χ3n) is 2.02. The fourth-order valence-corrected chi connectivity index (χ4v) is 1.27. The van der Waals surface area contributed by atoms with Gasteiger partial charge in [-0.2, -0.15) is 0 Å². The maximum Gasteiger partial charge on any atom is 0.188 e. The maximum absolute atomic E-state index is 5.53. The van der Waals surface area contributed by atoms with Crippen LogP contribution in [-0.4, -0.2) is 20.1 Å². The van der Waals surface area contributed by atoms with Crippen molar-refractivity contribution in [3.63, 3.8) is 0 Å². The third-order valence-corrected chi connectivity index (χ3v) is 2.02. The lowest BCUT2D eigenvalue weighted by Gasteiger charge is -2.06. The average Bonchev–Trinajstić information content (AvgIpc) is 2.27. The summed E-state index contributed by atoms with van der Waals surface area (Å²) in [5.74, 6) is 0.451. The van der Waals surface area contributed by atoms with Gasteiger partial charge in [0.1, 0.15) is 0 Å². The molecule has 1 rings (SSSR count). The number of rotatable bonds is 4. The quantitative estimate of drug-likeness (QED) is 0.569. The van der Waals surface area contributed by atoms with Gasteiger partial charge in [0.2, 0.25) is 0 Å². The zero-order chi connectivity index (χ0) is 11.1. The molecule has 3 N–H and O–H groups in total. The van der Waals surface area contributed by atoms with Crippen molar-refractivity contribution in [1.82, 2.24) is 5.32 Å². The molecular weight excluding hydrogens is 190 g/mol. The van der Waals surface area contributed by atoms with E-state index in [0.29, 0.717) is 19.1 Å². The monoisotopic (exact) mass is 207 g/mol. The fraction of sp³-hybridized carbons (Fsp3) is 0.364. The molecule has 0 atom stereocenters. The van der Waals surface area contributed by atoms with Crippen molar-refractivity contribution in [3.05, 3.63) is 35.4 Å². The van der Waals surface area contributed by atoms with Gasteiger partial charge in [-0.25, -0.2) is 0 Å². The van der Waals surface area contributed by atoms with Crippen LogP contribution in [0.2, 0.25) is 0 Å². The summed E-state index contributed by atoms with van der Waals surface area (Å²) in [5, 5.41) is 3.00. The Morgan fingerprint density at radius 2 is 2.20 bits per heavy atom. The molecule has 0 radical (unpaired) electrons. The number of nitrogens with two attached hydrogens (primary N) is 1. The average molecular weight is 207 g/mol. The molecule has 4 heteroatoms. The molecule has 0 spiro atoms. The van der Waals surface area contributed by atoms with Crippen LogP contribution in [0.5, 0.6) is 0 Å². The lowest BCUT2D eigenvalue weighted by atomic mass is 10.1. The van der Waals surface area contributed by atoms with E-state index in [9.17, 15) is 0 Å². The van der Waals surface area contributed by atoms with Gasteiger partial charge in [-0.05, 0) is 11.1 Å². The molecule has 0 aliphatic carbocycles. The Morgan fingerprint density at radius 3 is 2.87 bits per heavy atom. The second-order valence-corrected chi connectivity index (χ2v) is 3.22. The van der Waals surface area contributed by atoms with Crippen LogP contribution < -0.4 is 11.1 Å². The van der Waals surface area contributed by atoms with Crippen LogP contribution in [0.1, 0.15) is 11.1 Å². The summed E-state index contributed by atoms with van der Waals surface area (Å²) in [6.45, 7) is 1.31. The van der Waals surface area contributed by atoms with Crippen molar-refractivity contribution in [1.29, 1.82) is 0 Å². The van der Waals surface area contributed by atoms with Crippen LogP contribution in [-0.2, 0) is 17.9 Å². The number of guanidine groups is 1. The Hall–Kier alpha value is -1.55. The highest BCUT2D eigenvalue weighted by Crippen LogP contribution is 2.05. The minimum absolute atomic E-state index is 0.451. The van der Waals surface area contributed by atoms with Gasteiger partial charge >= 0.3 is 0 Å². The first-order valence-electron chi connectivity index (χ1n) is 4.79.